The van der Waals surface area contributed by atoms with E-state index in [-0.39, 0.29) is 17.1 Å². The molecule has 5 nitrogen and oxygen atoms in total. The van der Waals surface area contributed by atoms with Crippen molar-refractivity contribution in [3.63, 3.8) is 0 Å². The van der Waals surface area contributed by atoms with Crippen molar-refractivity contribution in [2.75, 3.05) is 0 Å². The van der Waals surface area contributed by atoms with Gasteiger partial charge in [-0.15, -0.1) is 0 Å². The third-order valence-corrected chi connectivity index (χ3v) is 0. The van der Waals surface area contributed by atoms with Crippen LogP contribution in [0.5, 0.6) is 0 Å². The summed E-state index contributed by atoms with van der Waals surface area (Å²) in [5, 5.41) is 31.2. The molecule has 0 aromatic heterocycles. The van der Waals surface area contributed by atoms with E-state index in [0.717, 1.165) is 0 Å². The Labute approximate surface area is 76.8 Å². The molecule has 0 atom stereocenters. The summed E-state index contributed by atoms with van der Waals surface area (Å²) < 4.78 is 0. The molecule has 0 amide bonds. The van der Waals surface area contributed by atoms with Crippen LogP contribution in [0.2, 0.25) is 0 Å². The Morgan fingerprint density at radius 3 is 0.364 bits per heavy atom. The Hall–Kier alpha value is -2.03. The second-order valence-corrected chi connectivity index (χ2v) is 0. The van der Waals surface area contributed by atoms with E-state index in [2.05, 4.69) is 0 Å². The SMILES string of the molecule is [C-]#N.[C-]#N.[C-]#N.[C-]#N.[C-]#N.[Fe+5]. The first-order valence-corrected chi connectivity index (χ1v) is 1.12. The summed E-state index contributed by atoms with van der Waals surface area (Å²) in [5.41, 5.74) is 0. The van der Waals surface area contributed by atoms with Crippen LogP contribution >= 0.6 is 0 Å². The van der Waals surface area contributed by atoms with Crippen molar-refractivity contribution in [1.82, 2.24) is 0 Å². The Morgan fingerprint density at radius 1 is 0.364 bits per heavy atom. The van der Waals surface area contributed by atoms with Gasteiger partial charge in [-0.3, -0.25) is 0 Å². The number of hydrogen-bond donors (Lipinski definition) is 0. The average molecular weight is 186 g/mol. The molecule has 11 heavy (non-hydrogen) atoms. The van der Waals surface area contributed by atoms with Gasteiger partial charge in [0.2, 0.25) is 0 Å². The molecule has 0 aromatic carbocycles. The van der Waals surface area contributed by atoms with Crippen LogP contribution in [0.4, 0.5) is 0 Å². The fourth-order valence-electron chi connectivity index (χ4n) is 0. The standard InChI is InChI=1S/5CN.Fe/c5*1-2;/q5*-1;+5. The Morgan fingerprint density at radius 2 is 0.364 bits per heavy atom. The van der Waals surface area contributed by atoms with E-state index in [4.69, 9.17) is 59.2 Å². The molecule has 0 aliphatic carbocycles. The van der Waals surface area contributed by atoms with E-state index in [1.54, 1.807) is 0 Å². The molecule has 0 bridgehead atoms. The third kappa shape index (κ3) is 68.9. The van der Waals surface area contributed by atoms with E-state index in [1.807, 2.05) is 0 Å². The molecular formula is C5FeN5. The minimum atomic E-state index is 0. The van der Waals surface area contributed by atoms with Crippen LogP contribution in [0.1, 0.15) is 0 Å². The summed E-state index contributed by atoms with van der Waals surface area (Å²) in [6, 6.07) is 0. The smallest absolute Gasteiger partial charge is 0.512 e. The Balaban J connectivity index is -0.00000000694. The van der Waals surface area contributed by atoms with Gasteiger partial charge in [-0.05, 0) is 0 Å². The average Bonchev–Trinajstić information content (AvgIpc) is 2.20. The monoisotopic (exact) mass is 186 g/mol. The van der Waals surface area contributed by atoms with Gasteiger partial charge in [0.25, 0.3) is 0 Å². The normalized spacial score (nSPS) is 0.909. The maximum atomic E-state index is 6.25. The maximum Gasteiger partial charge on any atom is 5.00 e. The van der Waals surface area contributed by atoms with Crippen LogP contribution in [-0.4, -0.2) is 0 Å². The van der Waals surface area contributed by atoms with Crippen LogP contribution in [0, 0.1) is 59.2 Å². The van der Waals surface area contributed by atoms with Gasteiger partial charge < -0.3 is 59.2 Å². The van der Waals surface area contributed by atoms with Gasteiger partial charge in [-0.25, -0.2) is 0 Å². The molecule has 0 saturated carbocycles. The van der Waals surface area contributed by atoms with Crippen LogP contribution in [-0.2, 0) is 17.1 Å². The van der Waals surface area contributed by atoms with Gasteiger partial charge in [-0.1, -0.05) is 0 Å². The van der Waals surface area contributed by atoms with Gasteiger partial charge >= 0.3 is 17.1 Å². The van der Waals surface area contributed by atoms with E-state index in [9.17, 15) is 0 Å². The molecule has 0 rings (SSSR count). The summed E-state index contributed by atoms with van der Waals surface area (Å²) in [6.45, 7) is 23.8. The molecule has 0 aliphatic rings. The van der Waals surface area contributed by atoms with Gasteiger partial charge in [0.1, 0.15) is 0 Å². The summed E-state index contributed by atoms with van der Waals surface area (Å²) in [5.74, 6) is 0. The molecule has 1 radical (unpaired) electrons. The fourth-order valence-corrected chi connectivity index (χ4v) is 0. The van der Waals surface area contributed by atoms with E-state index in [1.165, 1.54) is 0 Å². The molecule has 53 valence electrons. The van der Waals surface area contributed by atoms with Crippen molar-refractivity contribution in [2.45, 2.75) is 0 Å². The first-order chi connectivity index (χ1) is 5.00. The van der Waals surface area contributed by atoms with Crippen molar-refractivity contribution in [1.29, 1.82) is 26.3 Å². The summed E-state index contributed by atoms with van der Waals surface area (Å²) in [4.78, 5) is 0. The zero-order valence-corrected chi connectivity index (χ0v) is 6.19. The second-order valence-electron chi connectivity index (χ2n) is 0. The second kappa shape index (κ2) is 93.9. The molecule has 6 heteroatoms. The summed E-state index contributed by atoms with van der Waals surface area (Å²) in [6.07, 6.45) is 0. The number of hydrogen-bond acceptors (Lipinski definition) is 5. The van der Waals surface area contributed by atoms with Crippen molar-refractivity contribution in [3.05, 3.63) is 32.9 Å². The van der Waals surface area contributed by atoms with Gasteiger partial charge in [0.05, 0.1) is 0 Å². The third-order valence-electron chi connectivity index (χ3n) is 0. The molecular weight excluding hydrogens is 186 g/mol. The number of nitrogens with zero attached hydrogens (tertiary/aromatic N) is 5. The van der Waals surface area contributed by atoms with Crippen molar-refractivity contribution in [2.24, 2.45) is 0 Å². The van der Waals surface area contributed by atoms with Crippen molar-refractivity contribution < 1.29 is 17.1 Å². The summed E-state index contributed by atoms with van der Waals surface area (Å²) in [7, 11) is 0. The topological polar surface area (TPSA) is 119 Å². The van der Waals surface area contributed by atoms with Crippen molar-refractivity contribution >= 4 is 0 Å². The number of rotatable bonds is 0. The molecule has 0 unspecified atom stereocenters. The van der Waals surface area contributed by atoms with Crippen LogP contribution in [0.3, 0.4) is 0 Å². The van der Waals surface area contributed by atoms with Gasteiger partial charge in [-0.2, -0.15) is 0 Å². The Kier molecular flexibility index (Phi) is 551. The van der Waals surface area contributed by atoms with Gasteiger partial charge in [0.15, 0.2) is 0 Å². The van der Waals surface area contributed by atoms with Crippen LogP contribution in [0.25, 0.3) is 0 Å². The minimum absolute atomic E-state index is 0. The predicted molar refractivity (Wildman–Crippen MR) is 24.8 cm³/mol. The van der Waals surface area contributed by atoms with Gasteiger partial charge in [0, 0.05) is 0 Å². The van der Waals surface area contributed by atoms with E-state index >= 15 is 0 Å². The molecule has 0 saturated heterocycles. The summed E-state index contributed by atoms with van der Waals surface area (Å²) >= 11 is 0. The first-order valence-electron chi connectivity index (χ1n) is 1.12. The maximum absolute atomic E-state index is 6.25. The first kappa shape index (κ1) is 64.6. The molecule has 0 heterocycles. The minimum Gasteiger partial charge on any atom is -0.512 e. The molecule has 0 aliphatic heterocycles. The molecule has 0 aromatic rings. The Bertz CT molecular complexity index is 73.4. The quantitative estimate of drug-likeness (QED) is 0.402. The van der Waals surface area contributed by atoms with Crippen molar-refractivity contribution in [3.8, 4) is 0 Å². The zero-order valence-electron chi connectivity index (χ0n) is 5.09. The van der Waals surface area contributed by atoms with E-state index < -0.39 is 0 Å². The molecule has 0 spiro atoms. The predicted octanol–water partition coefficient (Wildman–Crippen LogP) is 0.479. The molecule has 0 fully saturated rings. The molecule has 0 N–H and O–H groups in total. The van der Waals surface area contributed by atoms with Crippen LogP contribution in [0.15, 0.2) is 0 Å². The van der Waals surface area contributed by atoms with Crippen LogP contribution < -0.4 is 0 Å². The largest absolute Gasteiger partial charge is 5.00 e. The zero-order chi connectivity index (χ0) is 10.0. The van der Waals surface area contributed by atoms with E-state index in [0.29, 0.717) is 0 Å². The fraction of sp³-hybridized carbons (Fsp3) is 0.